The first-order valence-electron chi connectivity index (χ1n) is 4.09. The molecule has 2 N–H and O–H groups in total. The lowest BCUT2D eigenvalue weighted by atomic mass is 10.2. The summed E-state index contributed by atoms with van der Waals surface area (Å²) >= 11 is 0. The lowest BCUT2D eigenvalue weighted by Crippen LogP contribution is -1.83. The van der Waals surface area contributed by atoms with Gasteiger partial charge in [-0.25, -0.2) is 0 Å². The summed E-state index contributed by atoms with van der Waals surface area (Å²) in [5.74, 6) is 0.276. The van der Waals surface area contributed by atoms with Gasteiger partial charge in [0.25, 0.3) is 0 Å². The molecule has 3 heteroatoms. The van der Waals surface area contributed by atoms with Crippen molar-refractivity contribution in [2.45, 2.75) is 6.61 Å². The van der Waals surface area contributed by atoms with Gasteiger partial charge in [-0.2, -0.15) is 0 Å². The Balaban J connectivity index is 2.55. The van der Waals surface area contributed by atoms with Crippen LogP contribution in [-0.2, 0) is 11.3 Å². The number of fused-ring (bicyclic) bond motifs is 1. The van der Waals surface area contributed by atoms with E-state index in [1.54, 1.807) is 19.2 Å². The van der Waals surface area contributed by atoms with Gasteiger partial charge < -0.3 is 14.8 Å². The highest BCUT2D eigenvalue weighted by Crippen LogP contribution is 2.22. The summed E-state index contributed by atoms with van der Waals surface area (Å²) in [6, 6.07) is 5.26. The van der Waals surface area contributed by atoms with Gasteiger partial charge in [0.05, 0.1) is 6.61 Å². The van der Waals surface area contributed by atoms with Crippen molar-refractivity contribution < 1.29 is 9.84 Å². The Morgan fingerprint density at radius 2 is 2.31 bits per heavy atom. The fourth-order valence-corrected chi connectivity index (χ4v) is 1.45. The van der Waals surface area contributed by atoms with E-state index in [0.717, 1.165) is 16.5 Å². The molecule has 0 bridgehead atoms. The number of phenolic OH excluding ortho intramolecular Hbond substituents is 1. The summed E-state index contributed by atoms with van der Waals surface area (Å²) in [4.78, 5) is 3.07. The molecule has 3 nitrogen and oxygen atoms in total. The van der Waals surface area contributed by atoms with Gasteiger partial charge in [-0.05, 0) is 12.1 Å². The molecule has 68 valence electrons. The van der Waals surface area contributed by atoms with Gasteiger partial charge in [0.15, 0.2) is 0 Å². The van der Waals surface area contributed by atoms with Crippen molar-refractivity contribution in [3.63, 3.8) is 0 Å². The van der Waals surface area contributed by atoms with E-state index in [-0.39, 0.29) is 5.75 Å². The third kappa shape index (κ3) is 1.38. The van der Waals surface area contributed by atoms with Crippen LogP contribution in [0.15, 0.2) is 24.4 Å². The maximum absolute atomic E-state index is 9.22. The van der Waals surface area contributed by atoms with Crippen LogP contribution in [0.25, 0.3) is 10.9 Å². The minimum Gasteiger partial charge on any atom is -0.508 e. The minimum atomic E-state index is 0.276. The second-order valence-electron chi connectivity index (χ2n) is 2.98. The summed E-state index contributed by atoms with van der Waals surface area (Å²) in [5.41, 5.74) is 2.05. The number of methoxy groups -OCH3 is 1. The maximum Gasteiger partial charge on any atom is 0.117 e. The molecule has 1 aromatic carbocycles. The largest absolute Gasteiger partial charge is 0.508 e. The van der Waals surface area contributed by atoms with E-state index in [2.05, 4.69) is 4.98 Å². The molecule has 0 saturated heterocycles. The van der Waals surface area contributed by atoms with Crippen LogP contribution in [0.2, 0.25) is 0 Å². The summed E-state index contributed by atoms with van der Waals surface area (Å²) in [6.07, 6.45) is 1.90. The van der Waals surface area contributed by atoms with E-state index in [4.69, 9.17) is 4.74 Å². The molecular weight excluding hydrogens is 166 g/mol. The van der Waals surface area contributed by atoms with Crippen molar-refractivity contribution in [3.05, 3.63) is 30.0 Å². The first-order valence-corrected chi connectivity index (χ1v) is 4.09. The van der Waals surface area contributed by atoms with Crippen molar-refractivity contribution in [2.24, 2.45) is 0 Å². The average Bonchev–Trinajstić information content (AvgIpc) is 2.49. The standard InChI is InChI=1S/C10H11NO2/c1-13-6-7-5-11-10-4-8(12)2-3-9(7)10/h2-5,11-12H,6H2,1H3. The number of rotatable bonds is 2. The summed E-state index contributed by atoms with van der Waals surface area (Å²) < 4.78 is 5.04. The Kier molecular flexibility index (Phi) is 1.94. The molecule has 2 aromatic rings. The Hall–Kier alpha value is -1.48. The van der Waals surface area contributed by atoms with Gasteiger partial charge >= 0.3 is 0 Å². The van der Waals surface area contributed by atoms with Crippen LogP contribution < -0.4 is 0 Å². The van der Waals surface area contributed by atoms with Crippen molar-refractivity contribution >= 4 is 10.9 Å². The zero-order valence-corrected chi connectivity index (χ0v) is 7.37. The van der Waals surface area contributed by atoms with Crippen LogP contribution in [0.1, 0.15) is 5.56 Å². The van der Waals surface area contributed by atoms with Crippen LogP contribution in [-0.4, -0.2) is 17.2 Å². The lowest BCUT2D eigenvalue weighted by molar-refractivity contribution is 0.186. The molecule has 0 spiro atoms. The predicted octanol–water partition coefficient (Wildman–Crippen LogP) is 2.02. The van der Waals surface area contributed by atoms with Gasteiger partial charge in [-0.3, -0.25) is 0 Å². The number of nitrogens with one attached hydrogen (secondary N) is 1. The number of H-pyrrole nitrogens is 1. The van der Waals surface area contributed by atoms with Gasteiger partial charge in [0.2, 0.25) is 0 Å². The first kappa shape index (κ1) is 8.13. The zero-order chi connectivity index (χ0) is 9.26. The van der Waals surface area contributed by atoms with E-state index in [9.17, 15) is 5.11 Å². The van der Waals surface area contributed by atoms with E-state index in [1.165, 1.54) is 0 Å². The van der Waals surface area contributed by atoms with Gasteiger partial charge in [0.1, 0.15) is 5.75 Å². The van der Waals surface area contributed by atoms with Crippen LogP contribution in [0.3, 0.4) is 0 Å². The number of aromatic hydroxyl groups is 1. The molecule has 0 fully saturated rings. The SMILES string of the molecule is COCc1c[nH]c2cc(O)ccc12. The van der Waals surface area contributed by atoms with Crippen LogP contribution in [0, 0.1) is 0 Å². The highest BCUT2D eigenvalue weighted by molar-refractivity contribution is 5.84. The van der Waals surface area contributed by atoms with Crippen molar-refractivity contribution in [2.75, 3.05) is 7.11 Å². The Morgan fingerprint density at radius 3 is 3.08 bits per heavy atom. The summed E-state index contributed by atoms with van der Waals surface area (Å²) in [6.45, 7) is 0.588. The second-order valence-corrected chi connectivity index (χ2v) is 2.98. The fourth-order valence-electron chi connectivity index (χ4n) is 1.45. The third-order valence-corrected chi connectivity index (χ3v) is 2.05. The Morgan fingerprint density at radius 1 is 1.46 bits per heavy atom. The summed E-state index contributed by atoms with van der Waals surface area (Å²) in [7, 11) is 1.67. The number of hydrogen-bond acceptors (Lipinski definition) is 2. The van der Waals surface area contributed by atoms with Gasteiger partial charge in [0, 0.05) is 35.8 Å². The molecule has 2 rings (SSSR count). The first-order chi connectivity index (χ1) is 6.31. The molecule has 13 heavy (non-hydrogen) atoms. The minimum absolute atomic E-state index is 0.276. The van der Waals surface area contributed by atoms with Crippen molar-refractivity contribution in [1.82, 2.24) is 4.98 Å². The zero-order valence-electron chi connectivity index (χ0n) is 7.37. The molecule has 0 atom stereocenters. The molecule has 0 amide bonds. The maximum atomic E-state index is 9.22. The number of hydrogen-bond donors (Lipinski definition) is 2. The number of aromatic nitrogens is 1. The van der Waals surface area contributed by atoms with E-state index < -0.39 is 0 Å². The molecule has 1 aromatic heterocycles. The molecule has 0 aliphatic heterocycles. The predicted molar refractivity (Wildman–Crippen MR) is 50.7 cm³/mol. The molecule has 0 saturated carbocycles. The quantitative estimate of drug-likeness (QED) is 0.737. The highest BCUT2D eigenvalue weighted by atomic mass is 16.5. The smallest absolute Gasteiger partial charge is 0.117 e. The van der Waals surface area contributed by atoms with Gasteiger partial charge in [-0.15, -0.1) is 0 Å². The van der Waals surface area contributed by atoms with E-state index in [0.29, 0.717) is 6.61 Å². The van der Waals surface area contributed by atoms with Crippen LogP contribution in [0.4, 0.5) is 0 Å². The fraction of sp³-hybridized carbons (Fsp3) is 0.200. The number of aromatic amines is 1. The number of ether oxygens (including phenoxy) is 1. The Labute approximate surface area is 76.0 Å². The lowest BCUT2D eigenvalue weighted by Gasteiger charge is -1.96. The third-order valence-electron chi connectivity index (χ3n) is 2.05. The monoisotopic (exact) mass is 177 g/mol. The second kappa shape index (κ2) is 3.11. The molecule has 1 heterocycles. The van der Waals surface area contributed by atoms with E-state index in [1.807, 2.05) is 12.3 Å². The highest BCUT2D eigenvalue weighted by Gasteiger charge is 2.02. The molecule has 0 radical (unpaired) electrons. The summed E-state index contributed by atoms with van der Waals surface area (Å²) in [5, 5.41) is 10.3. The van der Waals surface area contributed by atoms with E-state index >= 15 is 0 Å². The number of benzene rings is 1. The van der Waals surface area contributed by atoms with Crippen LogP contribution in [0.5, 0.6) is 5.75 Å². The number of phenols is 1. The van der Waals surface area contributed by atoms with Gasteiger partial charge in [-0.1, -0.05) is 0 Å². The molecular formula is C10H11NO2. The molecule has 0 aliphatic carbocycles. The topological polar surface area (TPSA) is 45.2 Å². The van der Waals surface area contributed by atoms with Crippen molar-refractivity contribution in [3.8, 4) is 5.75 Å². The molecule has 0 unspecified atom stereocenters. The molecule has 0 aliphatic rings. The average molecular weight is 177 g/mol. The van der Waals surface area contributed by atoms with Crippen LogP contribution >= 0.6 is 0 Å². The van der Waals surface area contributed by atoms with Crippen molar-refractivity contribution in [1.29, 1.82) is 0 Å². The Bertz CT molecular complexity index is 420. The normalized spacial score (nSPS) is 10.8.